The van der Waals surface area contributed by atoms with Crippen LogP contribution in [0.15, 0.2) is 24.3 Å². The van der Waals surface area contributed by atoms with Gasteiger partial charge in [0.25, 0.3) is 0 Å². The number of carboxylic acids is 1. The summed E-state index contributed by atoms with van der Waals surface area (Å²) in [5, 5.41) is 14.7. The molecule has 0 aliphatic carbocycles. The Balaban J connectivity index is 2.68. The van der Waals surface area contributed by atoms with Crippen molar-refractivity contribution in [2.75, 3.05) is 26.0 Å². The Hall–Kier alpha value is -2.08. The summed E-state index contributed by atoms with van der Waals surface area (Å²) in [6.07, 6.45) is 0. The summed E-state index contributed by atoms with van der Waals surface area (Å²) in [6.45, 7) is 2.38. The van der Waals surface area contributed by atoms with Crippen LogP contribution in [0.25, 0.3) is 0 Å². The van der Waals surface area contributed by atoms with Crippen LogP contribution in [0.5, 0.6) is 0 Å². The first-order chi connectivity index (χ1) is 9.45. The lowest BCUT2D eigenvalue weighted by atomic mass is 10.1. The van der Waals surface area contributed by atoms with Crippen LogP contribution >= 0.6 is 0 Å². The van der Waals surface area contributed by atoms with Gasteiger partial charge < -0.3 is 20.6 Å². The third-order valence-corrected chi connectivity index (χ3v) is 2.94. The summed E-state index contributed by atoms with van der Waals surface area (Å²) in [4.78, 5) is 24.2. The molecule has 2 amide bonds. The van der Waals surface area contributed by atoms with Gasteiger partial charge in [-0.3, -0.25) is 4.79 Å². The van der Waals surface area contributed by atoms with E-state index in [2.05, 4.69) is 10.6 Å². The van der Waals surface area contributed by atoms with E-state index >= 15 is 0 Å². The second kappa shape index (κ2) is 7.49. The largest absolute Gasteiger partial charge is 0.481 e. The number of benzene rings is 1. The van der Waals surface area contributed by atoms with Gasteiger partial charge in [0.05, 0.1) is 5.92 Å². The number of hydrogen-bond donors (Lipinski definition) is 3. The van der Waals surface area contributed by atoms with E-state index in [4.69, 9.17) is 5.11 Å². The summed E-state index contributed by atoms with van der Waals surface area (Å²) < 4.78 is 0. The maximum Gasteiger partial charge on any atom is 0.321 e. The number of para-hydroxylation sites is 1. The number of rotatable bonds is 6. The van der Waals surface area contributed by atoms with Crippen LogP contribution in [0.1, 0.15) is 12.5 Å². The fourth-order valence-electron chi connectivity index (χ4n) is 1.77. The smallest absolute Gasteiger partial charge is 0.321 e. The second-order valence-electron chi connectivity index (χ2n) is 4.74. The summed E-state index contributed by atoms with van der Waals surface area (Å²) in [7, 11) is 3.41. The fourth-order valence-corrected chi connectivity index (χ4v) is 1.77. The van der Waals surface area contributed by atoms with E-state index in [0.717, 1.165) is 11.3 Å². The molecule has 0 saturated heterocycles. The highest BCUT2D eigenvalue weighted by molar-refractivity contribution is 5.90. The van der Waals surface area contributed by atoms with Gasteiger partial charge in [0.2, 0.25) is 0 Å². The quantitative estimate of drug-likeness (QED) is 0.738. The van der Waals surface area contributed by atoms with Gasteiger partial charge in [-0.25, -0.2) is 4.79 Å². The average molecular weight is 279 g/mol. The molecule has 0 radical (unpaired) electrons. The minimum absolute atomic E-state index is 0.162. The van der Waals surface area contributed by atoms with Gasteiger partial charge in [0, 0.05) is 25.8 Å². The molecular weight excluding hydrogens is 258 g/mol. The molecule has 110 valence electrons. The lowest BCUT2D eigenvalue weighted by Gasteiger charge is -2.21. The number of hydrogen-bond acceptors (Lipinski definition) is 3. The summed E-state index contributed by atoms with van der Waals surface area (Å²) >= 11 is 0. The first-order valence-corrected chi connectivity index (χ1v) is 6.43. The van der Waals surface area contributed by atoms with Crippen molar-refractivity contribution in [1.29, 1.82) is 0 Å². The molecule has 1 aromatic carbocycles. The van der Waals surface area contributed by atoms with E-state index in [1.807, 2.05) is 31.3 Å². The van der Waals surface area contributed by atoms with Gasteiger partial charge in [-0.2, -0.15) is 0 Å². The van der Waals surface area contributed by atoms with E-state index in [1.54, 1.807) is 14.0 Å². The van der Waals surface area contributed by atoms with Crippen molar-refractivity contribution in [2.24, 2.45) is 5.92 Å². The van der Waals surface area contributed by atoms with Gasteiger partial charge in [0.15, 0.2) is 0 Å². The molecule has 0 spiro atoms. The molecule has 1 aromatic rings. The zero-order valence-corrected chi connectivity index (χ0v) is 12.0. The van der Waals surface area contributed by atoms with Crippen molar-refractivity contribution in [1.82, 2.24) is 10.2 Å². The van der Waals surface area contributed by atoms with E-state index in [-0.39, 0.29) is 12.6 Å². The maximum absolute atomic E-state index is 12.0. The number of carbonyl (C=O) groups is 2. The molecule has 6 nitrogen and oxygen atoms in total. The van der Waals surface area contributed by atoms with Crippen molar-refractivity contribution in [3.63, 3.8) is 0 Å². The van der Waals surface area contributed by atoms with Gasteiger partial charge in [-0.05, 0) is 18.7 Å². The zero-order chi connectivity index (χ0) is 15.1. The number of nitrogens with zero attached hydrogens (tertiary/aromatic N) is 1. The number of anilines is 1. The van der Waals surface area contributed by atoms with Gasteiger partial charge in [0.1, 0.15) is 0 Å². The maximum atomic E-state index is 12.0. The highest BCUT2D eigenvalue weighted by Crippen LogP contribution is 2.15. The third kappa shape index (κ3) is 4.55. The topological polar surface area (TPSA) is 81.7 Å². The van der Waals surface area contributed by atoms with Crippen molar-refractivity contribution >= 4 is 17.7 Å². The highest BCUT2D eigenvalue weighted by Gasteiger charge is 2.17. The van der Waals surface area contributed by atoms with E-state index < -0.39 is 11.9 Å². The Bertz CT molecular complexity index is 476. The molecule has 0 heterocycles. The minimum atomic E-state index is -0.916. The first-order valence-electron chi connectivity index (χ1n) is 6.43. The van der Waals surface area contributed by atoms with Crippen LogP contribution in [0.4, 0.5) is 10.5 Å². The average Bonchev–Trinajstić information content (AvgIpc) is 2.40. The lowest BCUT2D eigenvalue weighted by molar-refractivity contribution is -0.141. The summed E-state index contributed by atoms with van der Waals surface area (Å²) in [6, 6.07) is 7.17. The van der Waals surface area contributed by atoms with E-state index in [0.29, 0.717) is 6.54 Å². The first kappa shape index (κ1) is 16.0. The normalized spacial score (nSPS) is 11.8. The summed E-state index contributed by atoms with van der Waals surface area (Å²) in [5.74, 6) is -1.52. The predicted molar refractivity (Wildman–Crippen MR) is 77.7 cm³/mol. The molecule has 0 saturated carbocycles. The van der Waals surface area contributed by atoms with Crippen LogP contribution in [0.2, 0.25) is 0 Å². The SMILES string of the molecule is CNCc1ccccc1NC(=O)N(C)CC(C)C(=O)O. The van der Waals surface area contributed by atoms with E-state index in [1.165, 1.54) is 4.90 Å². The molecular formula is C14H21N3O3. The minimum Gasteiger partial charge on any atom is -0.481 e. The fraction of sp³-hybridized carbons (Fsp3) is 0.429. The number of carboxylic acid groups (broad SMARTS) is 1. The molecule has 1 rings (SSSR count). The molecule has 0 bridgehead atoms. The van der Waals surface area contributed by atoms with Crippen LogP contribution < -0.4 is 10.6 Å². The highest BCUT2D eigenvalue weighted by atomic mass is 16.4. The number of carbonyl (C=O) groups excluding carboxylic acids is 1. The van der Waals surface area contributed by atoms with Crippen LogP contribution in [-0.4, -0.2) is 42.6 Å². The van der Waals surface area contributed by atoms with Crippen LogP contribution in [-0.2, 0) is 11.3 Å². The van der Waals surface area contributed by atoms with Crippen molar-refractivity contribution in [3.8, 4) is 0 Å². The molecule has 0 aromatic heterocycles. The van der Waals surface area contributed by atoms with Crippen LogP contribution in [0, 0.1) is 5.92 Å². The van der Waals surface area contributed by atoms with Crippen molar-refractivity contribution < 1.29 is 14.7 Å². The zero-order valence-electron chi connectivity index (χ0n) is 12.0. The number of urea groups is 1. The van der Waals surface area contributed by atoms with Crippen LogP contribution in [0.3, 0.4) is 0 Å². The molecule has 0 aliphatic rings. The Labute approximate surface area is 118 Å². The van der Waals surface area contributed by atoms with Crippen molar-refractivity contribution in [2.45, 2.75) is 13.5 Å². The van der Waals surface area contributed by atoms with Gasteiger partial charge in [-0.1, -0.05) is 25.1 Å². The molecule has 1 unspecified atom stereocenters. The molecule has 20 heavy (non-hydrogen) atoms. The monoisotopic (exact) mass is 279 g/mol. The second-order valence-corrected chi connectivity index (χ2v) is 4.74. The molecule has 0 aliphatic heterocycles. The number of amides is 2. The third-order valence-electron chi connectivity index (χ3n) is 2.94. The predicted octanol–water partition coefficient (Wildman–Crippen LogP) is 1.59. The number of aliphatic carboxylic acids is 1. The standard InChI is InChI=1S/C14H21N3O3/c1-10(13(18)19)9-17(3)14(20)16-12-7-5-4-6-11(12)8-15-2/h4-7,10,15H,8-9H2,1-3H3,(H,16,20)(H,18,19). The summed E-state index contributed by atoms with van der Waals surface area (Å²) in [5.41, 5.74) is 1.70. The Kier molecular flexibility index (Phi) is 5.99. The van der Waals surface area contributed by atoms with Gasteiger partial charge >= 0.3 is 12.0 Å². The Morgan fingerprint density at radius 3 is 2.60 bits per heavy atom. The van der Waals surface area contributed by atoms with Gasteiger partial charge in [-0.15, -0.1) is 0 Å². The Morgan fingerprint density at radius 1 is 1.35 bits per heavy atom. The number of nitrogens with one attached hydrogen (secondary N) is 2. The molecule has 1 atom stereocenters. The molecule has 0 fully saturated rings. The Morgan fingerprint density at radius 2 is 2.00 bits per heavy atom. The van der Waals surface area contributed by atoms with E-state index in [9.17, 15) is 9.59 Å². The lowest BCUT2D eigenvalue weighted by Crippen LogP contribution is -2.36. The molecule has 6 heteroatoms. The molecule has 3 N–H and O–H groups in total. The van der Waals surface area contributed by atoms with Crippen molar-refractivity contribution in [3.05, 3.63) is 29.8 Å².